The normalized spacial score (nSPS) is 11.2. The van der Waals surface area contributed by atoms with Crippen molar-refractivity contribution in [2.45, 2.75) is 0 Å². The number of rotatable bonds is 7. The van der Waals surface area contributed by atoms with Crippen LogP contribution in [-0.2, 0) is 0 Å². The number of nitrogens with zero attached hydrogens (tertiary/aromatic N) is 4. The molecule has 0 radical (unpaired) electrons. The van der Waals surface area contributed by atoms with Crippen LogP contribution in [0, 0.1) is 0 Å². The van der Waals surface area contributed by atoms with Gasteiger partial charge in [-0.1, -0.05) is 146 Å². The number of pyridine rings is 2. The van der Waals surface area contributed by atoms with Gasteiger partial charge in [-0.2, -0.15) is 0 Å². The van der Waals surface area contributed by atoms with E-state index in [0.29, 0.717) is 5.82 Å². The third-order valence-electron chi connectivity index (χ3n) is 10.3. The second-order valence-corrected chi connectivity index (χ2v) is 14.0. The van der Waals surface area contributed by atoms with E-state index in [2.05, 4.69) is 170 Å². The Kier molecular flexibility index (Phi) is 8.47. The van der Waals surface area contributed by atoms with E-state index in [1.807, 2.05) is 36.7 Å². The van der Waals surface area contributed by atoms with E-state index in [1.54, 1.807) is 0 Å². The first-order valence-corrected chi connectivity index (χ1v) is 18.8. The van der Waals surface area contributed by atoms with Crippen molar-refractivity contribution in [1.29, 1.82) is 0 Å². The first-order chi connectivity index (χ1) is 27.7. The average molecular weight is 715 g/mol. The third-order valence-corrected chi connectivity index (χ3v) is 10.3. The van der Waals surface area contributed by atoms with Crippen LogP contribution < -0.4 is 0 Å². The fourth-order valence-corrected chi connectivity index (χ4v) is 7.38. The lowest BCUT2D eigenvalue weighted by atomic mass is 9.97. The molecule has 4 nitrogen and oxygen atoms in total. The monoisotopic (exact) mass is 714 g/mol. The largest absolute Gasteiger partial charge is 0.256 e. The molecule has 10 aromatic rings. The maximum atomic E-state index is 5.33. The lowest BCUT2D eigenvalue weighted by molar-refractivity contribution is 1.18. The van der Waals surface area contributed by atoms with Crippen LogP contribution in [0.5, 0.6) is 0 Å². The van der Waals surface area contributed by atoms with Crippen LogP contribution >= 0.6 is 0 Å². The fourth-order valence-electron chi connectivity index (χ4n) is 7.38. The molecule has 3 heterocycles. The van der Waals surface area contributed by atoms with Crippen molar-refractivity contribution >= 4 is 21.5 Å². The molecule has 262 valence electrons. The van der Waals surface area contributed by atoms with Crippen LogP contribution in [0.25, 0.3) is 100 Å². The lowest BCUT2D eigenvalue weighted by Crippen LogP contribution is -1.98. The SMILES string of the molecule is c1ccc(-c2cccc(-c3cc(-c4cccc(-c5ccccc5)c4)nc(-c4cc(-c5cc6ccccc6cn5)cc(-c5cc6ccccc6cn5)c4)n3)c2)cc1. The summed E-state index contributed by atoms with van der Waals surface area (Å²) in [7, 11) is 0. The van der Waals surface area contributed by atoms with Crippen LogP contribution in [0.15, 0.2) is 207 Å². The van der Waals surface area contributed by atoms with E-state index in [0.717, 1.165) is 94.4 Å². The highest BCUT2D eigenvalue weighted by Crippen LogP contribution is 2.36. The minimum atomic E-state index is 0.623. The van der Waals surface area contributed by atoms with Crippen LogP contribution in [0.2, 0.25) is 0 Å². The predicted molar refractivity (Wildman–Crippen MR) is 231 cm³/mol. The molecule has 0 fully saturated rings. The molecule has 0 atom stereocenters. The molecule has 0 aliphatic rings. The molecule has 4 heteroatoms. The van der Waals surface area contributed by atoms with Crippen LogP contribution in [0.4, 0.5) is 0 Å². The van der Waals surface area contributed by atoms with Crippen molar-refractivity contribution in [3.63, 3.8) is 0 Å². The van der Waals surface area contributed by atoms with Crippen molar-refractivity contribution in [3.8, 4) is 78.7 Å². The Morgan fingerprint density at radius 3 is 1.09 bits per heavy atom. The second-order valence-electron chi connectivity index (χ2n) is 14.0. The van der Waals surface area contributed by atoms with Gasteiger partial charge in [0.15, 0.2) is 5.82 Å². The third kappa shape index (κ3) is 6.61. The highest BCUT2D eigenvalue weighted by molar-refractivity contribution is 5.89. The van der Waals surface area contributed by atoms with Crippen LogP contribution in [-0.4, -0.2) is 19.9 Å². The molecule has 0 saturated heterocycles. The molecule has 7 aromatic carbocycles. The Hall–Kier alpha value is -7.56. The van der Waals surface area contributed by atoms with E-state index in [9.17, 15) is 0 Å². The minimum absolute atomic E-state index is 0.623. The summed E-state index contributed by atoms with van der Waals surface area (Å²) < 4.78 is 0. The Labute approximate surface area is 325 Å². The van der Waals surface area contributed by atoms with Gasteiger partial charge in [-0.15, -0.1) is 0 Å². The van der Waals surface area contributed by atoms with Gasteiger partial charge in [0.05, 0.1) is 22.8 Å². The summed E-state index contributed by atoms with van der Waals surface area (Å²) in [5.74, 6) is 0.623. The summed E-state index contributed by atoms with van der Waals surface area (Å²) in [5, 5.41) is 4.45. The van der Waals surface area contributed by atoms with E-state index >= 15 is 0 Å². The Morgan fingerprint density at radius 1 is 0.232 bits per heavy atom. The zero-order valence-electron chi connectivity index (χ0n) is 30.4. The Balaban J connectivity index is 1.19. The van der Waals surface area contributed by atoms with E-state index in [-0.39, 0.29) is 0 Å². The summed E-state index contributed by atoms with van der Waals surface area (Å²) in [6.07, 6.45) is 3.89. The number of hydrogen-bond donors (Lipinski definition) is 0. The zero-order chi connectivity index (χ0) is 37.3. The van der Waals surface area contributed by atoms with Gasteiger partial charge in [0.25, 0.3) is 0 Å². The molecule has 0 saturated carbocycles. The maximum absolute atomic E-state index is 5.33. The molecule has 0 N–H and O–H groups in total. The standard InChI is InChI=1S/C52H34N4/c1-3-13-35(14-4-1)37-21-11-23-41(25-37)50-32-51(42-24-12-22-38(26-42)36-15-5-2-6-16-36)56-52(55-50)47-28-45(48-30-39-17-7-9-19-43(39)33-53-48)27-46(29-47)49-31-40-18-8-10-20-44(40)34-54-49/h1-34H. The topological polar surface area (TPSA) is 51.6 Å². The highest BCUT2D eigenvalue weighted by atomic mass is 14.9. The summed E-state index contributed by atoms with van der Waals surface area (Å²) in [4.78, 5) is 20.5. The van der Waals surface area contributed by atoms with Crippen LogP contribution in [0.1, 0.15) is 0 Å². The number of benzene rings is 7. The van der Waals surface area contributed by atoms with Gasteiger partial charge in [0, 0.05) is 51.0 Å². The number of aromatic nitrogens is 4. The second kappa shape index (κ2) is 14.3. The van der Waals surface area contributed by atoms with Gasteiger partial charge < -0.3 is 0 Å². The molecular formula is C52H34N4. The average Bonchev–Trinajstić information content (AvgIpc) is 3.29. The Bertz CT molecular complexity index is 2830. The quantitative estimate of drug-likeness (QED) is 0.165. The van der Waals surface area contributed by atoms with Crippen molar-refractivity contribution in [2.24, 2.45) is 0 Å². The molecule has 0 unspecified atom stereocenters. The lowest BCUT2D eigenvalue weighted by Gasteiger charge is -2.14. The molecule has 0 spiro atoms. The van der Waals surface area contributed by atoms with Gasteiger partial charge in [-0.25, -0.2) is 9.97 Å². The van der Waals surface area contributed by atoms with Crippen molar-refractivity contribution in [3.05, 3.63) is 207 Å². The molecule has 0 bridgehead atoms. The molecular weight excluding hydrogens is 681 g/mol. The van der Waals surface area contributed by atoms with Gasteiger partial charge in [-0.05, 0) is 81.6 Å². The molecule has 56 heavy (non-hydrogen) atoms. The summed E-state index contributed by atoms with van der Waals surface area (Å²) >= 11 is 0. The molecule has 0 amide bonds. The summed E-state index contributed by atoms with van der Waals surface area (Å²) in [6.45, 7) is 0. The molecule has 0 aliphatic heterocycles. The molecule has 3 aromatic heterocycles. The van der Waals surface area contributed by atoms with Crippen molar-refractivity contribution < 1.29 is 0 Å². The molecule has 10 rings (SSSR count). The Morgan fingerprint density at radius 2 is 0.607 bits per heavy atom. The van der Waals surface area contributed by atoms with Crippen LogP contribution in [0.3, 0.4) is 0 Å². The van der Waals surface area contributed by atoms with Gasteiger partial charge >= 0.3 is 0 Å². The van der Waals surface area contributed by atoms with Gasteiger partial charge in [-0.3, -0.25) is 9.97 Å². The van der Waals surface area contributed by atoms with Gasteiger partial charge in [0.1, 0.15) is 0 Å². The minimum Gasteiger partial charge on any atom is -0.256 e. The van der Waals surface area contributed by atoms with E-state index < -0.39 is 0 Å². The number of fused-ring (bicyclic) bond motifs is 2. The first-order valence-electron chi connectivity index (χ1n) is 18.8. The fraction of sp³-hybridized carbons (Fsp3) is 0. The number of hydrogen-bond acceptors (Lipinski definition) is 4. The first kappa shape index (κ1) is 33.0. The summed E-state index contributed by atoms with van der Waals surface area (Å²) in [6, 6.07) is 67.7. The smallest absolute Gasteiger partial charge is 0.160 e. The van der Waals surface area contributed by atoms with Crippen molar-refractivity contribution in [2.75, 3.05) is 0 Å². The maximum Gasteiger partial charge on any atom is 0.160 e. The molecule has 0 aliphatic carbocycles. The van der Waals surface area contributed by atoms with E-state index in [4.69, 9.17) is 19.9 Å². The zero-order valence-corrected chi connectivity index (χ0v) is 30.4. The summed E-state index contributed by atoms with van der Waals surface area (Å²) in [5.41, 5.74) is 12.8. The van der Waals surface area contributed by atoms with E-state index in [1.165, 1.54) is 0 Å². The van der Waals surface area contributed by atoms with Gasteiger partial charge in [0.2, 0.25) is 0 Å². The highest BCUT2D eigenvalue weighted by Gasteiger charge is 2.16. The predicted octanol–water partition coefficient (Wildman–Crippen LogP) is 13.2. The van der Waals surface area contributed by atoms with Crippen molar-refractivity contribution in [1.82, 2.24) is 19.9 Å².